The third-order valence-corrected chi connectivity index (χ3v) is 2.25. The van der Waals surface area contributed by atoms with E-state index in [9.17, 15) is 4.79 Å². The van der Waals surface area contributed by atoms with Crippen LogP contribution in [-0.4, -0.2) is 35.4 Å². The zero-order valence-corrected chi connectivity index (χ0v) is 10.9. The summed E-state index contributed by atoms with van der Waals surface area (Å²) < 4.78 is 5.27. The minimum absolute atomic E-state index is 0.243. The first-order chi connectivity index (χ1) is 6.90. The van der Waals surface area contributed by atoms with Gasteiger partial charge in [-0.15, -0.1) is 0 Å². The van der Waals surface area contributed by atoms with E-state index in [1.807, 2.05) is 27.7 Å². The summed E-state index contributed by atoms with van der Waals surface area (Å²) in [6, 6.07) is 0. The van der Waals surface area contributed by atoms with Crippen molar-refractivity contribution in [3.05, 3.63) is 0 Å². The van der Waals surface area contributed by atoms with Crippen LogP contribution in [0.4, 0.5) is 4.79 Å². The molecule has 0 spiro atoms. The molecule has 5 heteroatoms. The van der Waals surface area contributed by atoms with Crippen LogP contribution in [0.5, 0.6) is 0 Å². The Hall–Kier alpha value is -0.420. The van der Waals surface area contributed by atoms with Crippen LogP contribution in [-0.2, 0) is 4.74 Å². The predicted octanol–water partition coefficient (Wildman–Crippen LogP) is 2.24. The van der Waals surface area contributed by atoms with Gasteiger partial charge in [0.2, 0.25) is 0 Å². The average Bonchev–Trinajstić information content (AvgIpc) is 2.09. The van der Waals surface area contributed by atoms with Gasteiger partial charge in [-0.25, -0.2) is 4.79 Å². The lowest BCUT2D eigenvalue weighted by molar-refractivity contribution is 0.0261. The summed E-state index contributed by atoms with van der Waals surface area (Å²) >= 11 is 1.30. The number of hydrogen-bond donors (Lipinski definition) is 1. The molecule has 0 aliphatic heterocycles. The summed E-state index contributed by atoms with van der Waals surface area (Å²) in [6.07, 6.45) is 0.654. The van der Waals surface area contributed by atoms with Crippen molar-refractivity contribution in [2.24, 2.45) is 5.14 Å². The second-order valence-corrected chi connectivity index (χ2v) is 5.03. The van der Waals surface area contributed by atoms with Crippen LogP contribution >= 0.6 is 11.9 Å². The van der Waals surface area contributed by atoms with Crippen LogP contribution in [0.2, 0.25) is 0 Å². The second-order valence-electron chi connectivity index (χ2n) is 4.28. The zero-order valence-electron chi connectivity index (χ0n) is 10.1. The molecule has 0 atom stereocenters. The highest BCUT2D eigenvalue weighted by Crippen LogP contribution is 2.10. The van der Waals surface area contributed by atoms with E-state index in [-0.39, 0.29) is 6.09 Å². The Labute approximate surface area is 96.7 Å². The highest BCUT2D eigenvalue weighted by Gasteiger charge is 2.20. The van der Waals surface area contributed by atoms with Crippen molar-refractivity contribution in [2.75, 3.05) is 18.8 Å². The molecule has 0 saturated heterocycles. The Bertz CT molecular complexity index is 192. The van der Waals surface area contributed by atoms with Gasteiger partial charge in [-0.1, -0.05) is 11.9 Å². The van der Waals surface area contributed by atoms with E-state index in [0.29, 0.717) is 13.1 Å². The lowest BCUT2D eigenvalue weighted by Crippen LogP contribution is -2.37. The van der Waals surface area contributed by atoms with E-state index in [1.54, 1.807) is 4.90 Å². The van der Waals surface area contributed by atoms with Gasteiger partial charge >= 0.3 is 6.09 Å². The van der Waals surface area contributed by atoms with E-state index in [2.05, 4.69) is 0 Å². The van der Waals surface area contributed by atoms with Gasteiger partial charge in [0.15, 0.2) is 0 Å². The number of amides is 1. The SMILES string of the molecule is CCN(CCCSN)C(=O)OC(C)(C)C. The molecule has 0 aromatic heterocycles. The molecule has 4 nitrogen and oxygen atoms in total. The van der Waals surface area contributed by atoms with E-state index in [0.717, 1.165) is 12.2 Å². The topological polar surface area (TPSA) is 55.6 Å². The first kappa shape index (κ1) is 14.6. The number of carbonyl (C=O) groups excluding carboxylic acids is 1. The maximum atomic E-state index is 11.6. The standard InChI is InChI=1S/C10H22N2O2S/c1-5-12(7-6-8-15-11)9(13)14-10(2,3)4/h5-8,11H2,1-4H3. The van der Waals surface area contributed by atoms with Crippen molar-refractivity contribution in [2.45, 2.75) is 39.7 Å². The largest absolute Gasteiger partial charge is 0.444 e. The molecular formula is C10H22N2O2S. The number of hydrogen-bond acceptors (Lipinski definition) is 4. The summed E-state index contributed by atoms with van der Waals surface area (Å²) in [6.45, 7) is 8.93. The van der Waals surface area contributed by atoms with Crippen molar-refractivity contribution in [3.8, 4) is 0 Å². The molecule has 2 N–H and O–H groups in total. The van der Waals surface area contributed by atoms with Crippen molar-refractivity contribution in [3.63, 3.8) is 0 Å². The molecule has 15 heavy (non-hydrogen) atoms. The number of carbonyl (C=O) groups is 1. The predicted molar refractivity (Wildman–Crippen MR) is 64.7 cm³/mol. The quantitative estimate of drug-likeness (QED) is 0.585. The molecule has 0 unspecified atom stereocenters. The number of nitrogens with two attached hydrogens (primary N) is 1. The lowest BCUT2D eigenvalue weighted by Gasteiger charge is -2.26. The third kappa shape index (κ3) is 7.50. The zero-order chi connectivity index (χ0) is 11.9. The van der Waals surface area contributed by atoms with E-state index in [1.165, 1.54) is 11.9 Å². The molecule has 0 rings (SSSR count). The summed E-state index contributed by atoms with van der Waals surface area (Å²) in [4.78, 5) is 13.3. The van der Waals surface area contributed by atoms with Gasteiger partial charge in [0.25, 0.3) is 0 Å². The molecule has 0 aromatic rings. The van der Waals surface area contributed by atoms with Gasteiger partial charge in [-0.3, -0.25) is 5.14 Å². The minimum Gasteiger partial charge on any atom is -0.444 e. The molecular weight excluding hydrogens is 212 g/mol. The molecule has 0 aliphatic carbocycles. The van der Waals surface area contributed by atoms with Crippen molar-refractivity contribution in [1.82, 2.24) is 4.90 Å². The van der Waals surface area contributed by atoms with Gasteiger partial charge in [-0.2, -0.15) is 0 Å². The second kappa shape index (κ2) is 6.95. The summed E-state index contributed by atoms with van der Waals surface area (Å²) in [5, 5.41) is 5.32. The molecule has 90 valence electrons. The average molecular weight is 234 g/mol. The van der Waals surface area contributed by atoms with Crippen molar-refractivity contribution < 1.29 is 9.53 Å². The fourth-order valence-corrected chi connectivity index (χ4v) is 1.34. The molecule has 0 saturated carbocycles. The van der Waals surface area contributed by atoms with Crippen LogP contribution in [0, 0.1) is 0 Å². The Balaban J connectivity index is 3.99. The first-order valence-electron chi connectivity index (χ1n) is 5.20. The van der Waals surface area contributed by atoms with Crippen LogP contribution in [0.3, 0.4) is 0 Å². The van der Waals surface area contributed by atoms with Crippen molar-refractivity contribution in [1.29, 1.82) is 0 Å². The Morgan fingerprint density at radius 2 is 2.07 bits per heavy atom. The Morgan fingerprint density at radius 3 is 2.47 bits per heavy atom. The van der Waals surface area contributed by atoms with E-state index in [4.69, 9.17) is 9.88 Å². The molecule has 0 heterocycles. The monoisotopic (exact) mass is 234 g/mol. The molecule has 0 aromatic carbocycles. The van der Waals surface area contributed by atoms with Gasteiger partial charge in [0.05, 0.1) is 0 Å². The van der Waals surface area contributed by atoms with E-state index < -0.39 is 5.60 Å². The van der Waals surface area contributed by atoms with Crippen molar-refractivity contribution >= 4 is 18.0 Å². The smallest absolute Gasteiger partial charge is 0.410 e. The maximum Gasteiger partial charge on any atom is 0.410 e. The minimum atomic E-state index is -0.423. The summed E-state index contributed by atoms with van der Waals surface area (Å²) in [5.41, 5.74) is -0.423. The normalized spacial score (nSPS) is 11.3. The van der Waals surface area contributed by atoms with Gasteiger partial charge in [0.1, 0.15) is 5.60 Å². The van der Waals surface area contributed by atoms with Gasteiger partial charge in [0, 0.05) is 18.8 Å². The Kier molecular flexibility index (Phi) is 6.76. The van der Waals surface area contributed by atoms with Crippen LogP contribution in [0.15, 0.2) is 0 Å². The molecule has 1 amide bonds. The lowest BCUT2D eigenvalue weighted by atomic mass is 10.2. The fourth-order valence-electron chi connectivity index (χ4n) is 1.04. The number of nitrogens with zero attached hydrogens (tertiary/aromatic N) is 1. The molecule has 0 bridgehead atoms. The molecule has 0 aliphatic rings. The molecule has 0 radical (unpaired) electrons. The highest BCUT2D eigenvalue weighted by molar-refractivity contribution is 7.97. The summed E-state index contributed by atoms with van der Waals surface area (Å²) in [5.74, 6) is 0.860. The number of ether oxygens (including phenoxy) is 1. The van der Waals surface area contributed by atoms with E-state index >= 15 is 0 Å². The number of rotatable bonds is 5. The van der Waals surface area contributed by atoms with Crippen LogP contribution in [0.25, 0.3) is 0 Å². The van der Waals surface area contributed by atoms with Crippen LogP contribution in [0.1, 0.15) is 34.1 Å². The summed E-state index contributed by atoms with van der Waals surface area (Å²) in [7, 11) is 0. The fraction of sp³-hybridized carbons (Fsp3) is 0.900. The van der Waals surface area contributed by atoms with Gasteiger partial charge in [-0.05, 0) is 34.1 Å². The first-order valence-corrected chi connectivity index (χ1v) is 6.25. The maximum absolute atomic E-state index is 11.6. The third-order valence-electron chi connectivity index (χ3n) is 1.72. The van der Waals surface area contributed by atoms with Crippen LogP contribution < -0.4 is 5.14 Å². The Morgan fingerprint density at radius 1 is 1.47 bits per heavy atom. The highest BCUT2D eigenvalue weighted by atomic mass is 32.2. The van der Waals surface area contributed by atoms with Gasteiger partial charge < -0.3 is 9.64 Å². The molecule has 0 fully saturated rings.